The number of hydrogen-bond acceptors (Lipinski definition) is 4. The van der Waals surface area contributed by atoms with Crippen molar-refractivity contribution < 1.29 is 19.8 Å². The molecule has 0 aromatic heterocycles. The van der Waals surface area contributed by atoms with Crippen molar-refractivity contribution in [2.45, 2.75) is 129 Å². The van der Waals surface area contributed by atoms with E-state index in [-0.39, 0.29) is 23.7 Å². The molecule has 0 heterocycles. The summed E-state index contributed by atoms with van der Waals surface area (Å²) in [5, 5.41) is 28.5. The van der Waals surface area contributed by atoms with Crippen LogP contribution in [0.5, 0.6) is 0 Å². The number of rotatable bonds is 8. The lowest BCUT2D eigenvalue weighted by molar-refractivity contribution is -0.147. The van der Waals surface area contributed by atoms with Crippen LogP contribution in [-0.2, 0) is 9.59 Å². The van der Waals surface area contributed by atoms with Crippen molar-refractivity contribution in [1.29, 1.82) is 0 Å². The number of carbonyl (C=O) groups is 2. The van der Waals surface area contributed by atoms with Crippen LogP contribution in [0, 0.1) is 17.3 Å². The minimum Gasteiger partial charge on any atom is -0.388 e. The number of nitrogens with one attached hydrogen (secondary N) is 2. The van der Waals surface area contributed by atoms with E-state index in [0.29, 0.717) is 25.7 Å². The summed E-state index contributed by atoms with van der Waals surface area (Å²) in [5.41, 5.74) is -3.16. The van der Waals surface area contributed by atoms with Gasteiger partial charge in [-0.1, -0.05) is 66.2 Å². The molecule has 0 aromatic rings. The van der Waals surface area contributed by atoms with E-state index < -0.39 is 28.7 Å². The first-order valence-electron chi connectivity index (χ1n) is 12.4. The second-order valence-electron chi connectivity index (χ2n) is 11.3. The third kappa shape index (κ3) is 6.01. The van der Waals surface area contributed by atoms with Crippen molar-refractivity contribution in [3.63, 3.8) is 0 Å². The molecular formula is C25H46N2O4. The van der Waals surface area contributed by atoms with Crippen LogP contribution in [0.15, 0.2) is 0 Å². The molecule has 0 aromatic carbocycles. The largest absolute Gasteiger partial charge is 0.388 e. The molecule has 2 saturated carbocycles. The minimum absolute atomic E-state index is 0.0530. The van der Waals surface area contributed by atoms with Crippen LogP contribution >= 0.6 is 0 Å². The molecular weight excluding hydrogens is 392 g/mol. The average Bonchev–Trinajstić information content (AvgIpc) is 2.69. The minimum atomic E-state index is -1.31. The second-order valence-corrected chi connectivity index (χ2v) is 11.3. The Balaban J connectivity index is 2.13. The molecule has 0 saturated heterocycles. The molecule has 4 N–H and O–H groups in total. The Morgan fingerprint density at radius 1 is 0.677 bits per heavy atom. The van der Waals surface area contributed by atoms with Crippen LogP contribution < -0.4 is 10.6 Å². The Bertz CT molecular complexity index is 565. The van der Waals surface area contributed by atoms with Crippen LogP contribution in [0.2, 0.25) is 0 Å². The van der Waals surface area contributed by atoms with Gasteiger partial charge in [-0.2, -0.15) is 0 Å². The highest BCUT2D eigenvalue weighted by Crippen LogP contribution is 2.36. The van der Waals surface area contributed by atoms with Gasteiger partial charge in [-0.15, -0.1) is 0 Å². The van der Waals surface area contributed by atoms with Gasteiger partial charge in [-0.05, 0) is 51.4 Å². The molecule has 6 nitrogen and oxygen atoms in total. The van der Waals surface area contributed by atoms with E-state index in [1.165, 1.54) is 0 Å². The number of amides is 2. The maximum Gasteiger partial charge on any atom is 0.235 e. The van der Waals surface area contributed by atoms with E-state index in [4.69, 9.17) is 0 Å². The van der Waals surface area contributed by atoms with Gasteiger partial charge in [0.25, 0.3) is 0 Å². The molecule has 2 aliphatic carbocycles. The highest BCUT2D eigenvalue weighted by molar-refractivity contribution is 6.04. The summed E-state index contributed by atoms with van der Waals surface area (Å²) in [6.07, 6.45) is 8.71. The molecule has 0 unspecified atom stereocenters. The number of carbonyl (C=O) groups excluding carboxylic acids is 2. The number of hydrogen-bond donors (Lipinski definition) is 4. The van der Waals surface area contributed by atoms with Gasteiger partial charge in [0.2, 0.25) is 11.8 Å². The van der Waals surface area contributed by atoms with Gasteiger partial charge in [-0.3, -0.25) is 9.59 Å². The van der Waals surface area contributed by atoms with Crippen LogP contribution in [0.25, 0.3) is 0 Å². The summed E-state index contributed by atoms with van der Waals surface area (Å²) >= 11 is 0. The average molecular weight is 439 g/mol. The third-order valence-corrected chi connectivity index (χ3v) is 7.64. The van der Waals surface area contributed by atoms with Crippen molar-refractivity contribution in [3.05, 3.63) is 0 Å². The summed E-state index contributed by atoms with van der Waals surface area (Å²) in [5.74, 6) is -0.642. The highest BCUT2D eigenvalue weighted by atomic mass is 16.3. The first-order chi connectivity index (χ1) is 14.3. The predicted molar refractivity (Wildman–Crippen MR) is 123 cm³/mol. The number of aliphatic hydroxyl groups is 2. The van der Waals surface area contributed by atoms with Gasteiger partial charge < -0.3 is 20.8 Å². The van der Waals surface area contributed by atoms with E-state index in [9.17, 15) is 19.8 Å². The van der Waals surface area contributed by atoms with Crippen LogP contribution in [0.4, 0.5) is 0 Å². The van der Waals surface area contributed by atoms with Crippen molar-refractivity contribution in [1.82, 2.24) is 10.6 Å². The summed E-state index contributed by atoms with van der Waals surface area (Å²) in [4.78, 5) is 26.5. The van der Waals surface area contributed by atoms with Gasteiger partial charge in [0, 0.05) is 0 Å². The molecule has 0 spiro atoms. The monoisotopic (exact) mass is 438 g/mol. The van der Waals surface area contributed by atoms with Crippen molar-refractivity contribution in [2.24, 2.45) is 17.3 Å². The molecule has 31 heavy (non-hydrogen) atoms. The molecule has 2 amide bonds. The highest BCUT2D eigenvalue weighted by Gasteiger charge is 2.47. The zero-order chi connectivity index (χ0) is 23.4. The Labute approximate surface area is 188 Å². The van der Waals surface area contributed by atoms with E-state index in [2.05, 4.69) is 10.6 Å². The lowest BCUT2D eigenvalue weighted by atomic mass is 9.74. The lowest BCUT2D eigenvalue weighted by Crippen LogP contribution is -2.62. The summed E-state index contributed by atoms with van der Waals surface area (Å²) in [7, 11) is 0. The molecule has 6 heteroatoms. The maximum absolute atomic E-state index is 13.3. The van der Waals surface area contributed by atoms with Gasteiger partial charge in [0.1, 0.15) is 5.41 Å². The van der Waals surface area contributed by atoms with Crippen LogP contribution in [-0.4, -0.2) is 45.3 Å². The smallest absolute Gasteiger partial charge is 0.235 e. The predicted octanol–water partition coefficient (Wildman–Crippen LogP) is 3.68. The molecule has 180 valence electrons. The zero-order valence-corrected chi connectivity index (χ0v) is 20.6. The lowest BCUT2D eigenvalue weighted by Gasteiger charge is -2.44. The standard InChI is InChI=1S/C25H46N2O4/c1-17(2)19(24(30)13-9-7-10-14-24)26-21(28)23(5,6)22(29)27-20(18(3)4)25(31)15-11-8-12-16-25/h17-20,30-31H,7-16H2,1-6H3,(H,26,28)(H,27,29)/t19-,20-/m1/s1. The van der Waals surface area contributed by atoms with Gasteiger partial charge in [0.15, 0.2) is 0 Å². The summed E-state index contributed by atoms with van der Waals surface area (Å²) < 4.78 is 0. The van der Waals surface area contributed by atoms with Gasteiger partial charge >= 0.3 is 0 Å². The normalized spacial score (nSPS) is 23.3. The second kappa shape index (κ2) is 10.2. The Morgan fingerprint density at radius 2 is 0.968 bits per heavy atom. The Kier molecular flexibility index (Phi) is 8.59. The first-order valence-corrected chi connectivity index (χ1v) is 12.4. The fraction of sp³-hybridized carbons (Fsp3) is 0.920. The molecule has 0 bridgehead atoms. The topological polar surface area (TPSA) is 98.7 Å². The molecule has 2 fully saturated rings. The van der Waals surface area contributed by atoms with Crippen LogP contribution in [0.1, 0.15) is 106 Å². The first kappa shape index (κ1) is 26.1. The molecule has 2 aliphatic rings. The SMILES string of the molecule is CC(C)[C@@H](NC(=O)C(C)(C)C(=O)N[C@H](C(C)C)C1(O)CCCCC1)C1(O)CCCCC1. The zero-order valence-electron chi connectivity index (χ0n) is 20.6. The summed E-state index contributed by atoms with van der Waals surface area (Å²) in [6, 6.07) is -0.786. The third-order valence-electron chi connectivity index (χ3n) is 7.64. The molecule has 0 radical (unpaired) electrons. The van der Waals surface area contributed by atoms with Crippen molar-refractivity contribution >= 4 is 11.8 Å². The van der Waals surface area contributed by atoms with E-state index >= 15 is 0 Å². The van der Waals surface area contributed by atoms with Crippen LogP contribution in [0.3, 0.4) is 0 Å². The van der Waals surface area contributed by atoms with Crippen molar-refractivity contribution in [3.8, 4) is 0 Å². The fourth-order valence-electron chi connectivity index (χ4n) is 5.54. The fourth-order valence-corrected chi connectivity index (χ4v) is 5.54. The summed E-state index contributed by atoms with van der Waals surface area (Å²) in [6.45, 7) is 11.2. The Hall–Kier alpha value is -1.14. The molecule has 0 aliphatic heterocycles. The molecule has 2 atom stereocenters. The van der Waals surface area contributed by atoms with E-state index in [0.717, 1.165) is 38.5 Å². The van der Waals surface area contributed by atoms with Gasteiger partial charge in [0.05, 0.1) is 23.3 Å². The molecule has 2 rings (SSSR count). The van der Waals surface area contributed by atoms with E-state index in [1.54, 1.807) is 13.8 Å². The van der Waals surface area contributed by atoms with Gasteiger partial charge in [-0.25, -0.2) is 0 Å². The maximum atomic E-state index is 13.3. The quantitative estimate of drug-likeness (QED) is 0.434. The van der Waals surface area contributed by atoms with Crippen molar-refractivity contribution in [2.75, 3.05) is 0 Å². The van der Waals surface area contributed by atoms with E-state index in [1.807, 2.05) is 27.7 Å². The Morgan fingerprint density at radius 3 is 1.23 bits per heavy atom.